The highest BCUT2D eigenvalue weighted by atomic mass is 16.5. The number of benzene rings is 1. The van der Waals surface area contributed by atoms with Crippen LogP contribution in [0.1, 0.15) is 22.3 Å². The molecule has 1 aromatic carbocycles. The lowest BCUT2D eigenvalue weighted by Gasteiger charge is -2.23. The number of hydrogen-bond acceptors (Lipinski definition) is 4. The largest absolute Gasteiger partial charge is 0.496 e. The van der Waals surface area contributed by atoms with E-state index in [0.29, 0.717) is 24.3 Å². The fourth-order valence-corrected chi connectivity index (χ4v) is 2.11. The molecule has 1 aliphatic rings. The molecule has 0 bridgehead atoms. The summed E-state index contributed by atoms with van der Waals surface area (Å²) in [6.07, 6.45) is 0.365. The van der Waals surface area contributed by atoms with E-state index in [-0.39, 0.29) is 11.9 Å². The zero-order valence-corrected chi connectivity index (χ0v) is 10.9. The molecule has 1 heterocycles. The van der Waals surface area contributed by atoms with Crippen LogP contribution in [0, 0.1) is 6.92 Å². The molecule has 1 atom stereocenters. The summed E-state index contributed by atoms with van der Waals surface area (Å²) < 4.78 is 10.8. The van der Waals surface area contributed by atoms with Gasteiger partial charge in [0.2, 0.25) is 0 Å². The monoisotopic (exact) mass is 249 g/mol. The number of carbonyl (C=O) groups is 1. The maximum atomic E-state index is 12.3. The maximum Gasteiger partial charge on any atom is 0.169 e. The SMILES string of the molecule is COc1ccc(C)cc1C(=O)CC1CNCCO1. The Balaban J connectivity index is 2.09. The molecule has 1 aromatic rings. The van der Waals surface area contributed by atoms with Crippen LogP contribution in [-0.2, 0) is 4.74 Å². The predicted octanol–water partition coefficient (Wildman–Crippen LogP) is 1.56. The molecule has 0 amide bonds. The number of Topliss-reactive ketones (excluding diaryl/α,β-unsaturated/α-hetero) is 1. The van der Waals surface area contributed by atoms with Crippen LogP contribution in [0.15, 0.2) is 18.2 Å². The Bertz CT molecular complexity index is 425. The van der Waals surface area contributed by atoms with Crippen molar-refractivity contribution in [2.75, 3.05) is 26.8 Å². The summed E-state index contributed by atoms with van der Waals surface area (Å²) in [4.78, 5) is 12.3. The third-order valence-corrected chi connectivity index (χ3v) is 3.07. The van der Waals surface area contributed by atoms with Gasteiger partial charge in [0.15, 0.2) is 5.78 Å². The van der Waals surface area contributed by atoms with Gasteiger partial charge in [-0.05, 0) is 19.1 Å². The smallest absolute Gasteiger partial charge is 0.169 e. The molecule has 1 N–H and O–H groups in total. The summed E-state index contributed by atoms with van der Waals surface area (Å²) >= 11 is 0. The van der Waals surface area contributed by atoms with Gasteiger partial charge in [-0.1, -0.05) is 11.6 Å². The first-order valence-corrected chi connectivity index (χ1v) is 6.21. The normalized spacial score (nSPS) is 19.6. The Labute approximate surface area is 107 Å². The van der Waals surface area contributed by atoms with Crippen molar-refractivity contribution in [1.29, 1.82) is 0 Å². The van der Waals surface area contributed by atoms with Crippen LogP contribution in [0.25, 0.3) is 0 Å². The average Bonchev–Trinajstić information content (AvgIpc) is 2.40. The molecular formula is C14H19NO3. The highest BCUT2D eigenvalue weighted by Crippen LogP contribution is 2.22. The predicted molar refractivity (Wildman–Crippen MR) is 69.3 cm³/mol. The Morgan fingerprint density at radius 2 is 2.39 bits per heavy atom. The zero-order valence-electron chi connectivity index (χ0n) is 10.9. The molecule has 18 heavy (non-hydrogen) atoms. The first kappa shape index (κ1) is 13.1. The van der Waals surface area contributed by atoms with E-state index in [1.165, 1.54) is 0 Å². The first-order chi connectivity index (χ1) is 8.70. The van der Waals surface area contributed by atoms with Crippen molar-refractivity contribution in [3.63, 3.8) is 0 Å². The number of hydrogen-bond donors (Lipinski definition) is 1. The minimum Gasteiger partial charge on any atom is -0.496 e. The molecule has 2 rings (SSSR count). The van der Waals surface area contributed by atoms with Crippen molar-refractivity contribution in [2.45, 2.75) is 19.4 Å². The molecule has 1 aliphatic heterocycles. The molecule has 0 aromatic heterocycles. The number of ketones is 1. The van der Waals surface area contributed by atoms with Crippen LogP contribution in [-0.4, -0.2) is 38.7 Å². The van der Waals surface area contributed by atoms with Crippen LogP contribution >= 0.6 is 0 Å². The van der Waals surface area contributed by atoms with Gasteiger partial charge in [0, 0.05) is 19.5 Å². The van der Waals surface area contributed by atoms with E-state index in [9.17, 15) is 4.79 Å². The number of ether oxygens (including phenoxy) is 2. The number of methoxy groups -OCH3 is 1. The lowest BCUT2D eigenvalue weighted by atomic mass is 10.0. The van der Waals surface area contributed by atoms with Crippen molar-refractivity contribution in [3.05, 3.63) is 29.3 Å². The molecular weight excluding hydrogens is 230 g/mol. The lowest BCUT2D eigenvalue weighted by Crippen LogP contribution is -2.39. The summed E-state index contributed by atoms with van der Waals surface area (Å²) in [6.45, 7) is 4.23. The molecule has 4 heteroatoms. The minimum atomic E-state index is -0.0310. The third-order valence-electron chi connectivity index (χ3n) is 3.07. The van der Waals surface area contributed by atoms with E-state index < -0.39 is 0 Å². The topological polar surface area (TPSA) is 47.6 Å². The first-order valence-electron chi connectivity index (χ1n) is 6.21. The molecule has 1 saturated heterocycles. The fourth-order valence-electron chi connectivity index (χ4n) is 2.11. The highest BCUT2D eigenvalue weighted by Gasteiger charge is 2.20. The summed E-state index contributed by atoms with van der Waals surface area (Å²) in [6, 6.07) is 5.65. The lowest BCUT2D eigenvalue weighted by molar-refractivity contribution is 0.0239. The molecule has 0 radical (unpaired) electrons. The standard InChI is InChI=1S/C14H19NO3/c1-10-3-4-14(17-2)12(7-10)13(16)8-11-9-15-5-6-18-11/h3-4,7,11,15H,5-6,8-9H2,1-2H3. The second-order valence-corrected chi connectivity index (χ2v) is 4.53. The van der Waals surface area contributed by atoms with Gasteiger partial charge in [0.05, 0.1) is 25.4 Å². The van der Waals surface area contributed by atoms with Gasteiger partial charge in [-0.3, -0.25) is 4.79 Å². The van der Waals surface area contributed by atoms with Gasteiger partial charge in [-0.15, -0.1) is 0 Å². The van der Waals surface area contributed by atoms with Crippen LogP contribution in [0.5, 0.6) is 5.75 Å². The number of aryl methyl sites for hydroxylation is 1. The van der Waals surface area contributed by atoms with Crippen molar-refractivity contribution < 1.29 is 14.3 Å². The molecule has 0 spiro atoms. The summed E-state index contributed by atoms with van der Waals surface area (Å²) in [5.74, 6) is 0.707. The maximum absolute atomic E-state index is 12.3. The zero-order chi connectivity index (χ0) is 13.0. The highest BCUT2D eigenvalue weighted by molar-refractivity contribution is 5.99. The van der Waals surface area contributed by atoms with Crippen LogP contribution in [0.3, 0.4) is 0 Å². The van der Waals surface area contributed by atoms with E-state index in [0.717, 1.165) is 18.7 Å². The van der Waals surface area contributed by atoms with E-state index in [4.69, 9.17) is 9.47 Å². The second kappa shape index (κ2) is 5.98. The van der Waals surface area contributed by atoms with E-state index in [2.05, 4.69) is 5.32 Å². The van der Waals surface area contributed by atoms with Gasteiger partial charge in [-0.25, -0.2) is 0 Å². The molecule has 98 valence electrons. The summed E-state index contributed by atoms with van der Waals surface area (Å²) in [5.41, 5.74) is 1.70. The molecule has 4 nitrogen and oxygen atoms in total. The second-order valence-electron chi connectivity index (χ2n) is 4.53. The molecule has 0 aliphatic carbocycles. The van der Waals surface area contributed by atoms with Crippen LogP contribution < -0.4 is 10.1 Å². The minimum absolute atomic E-state index is 0.0310. The van der Waals surface area contributed by atoms with Crippen LogP contribution in [0.4, 0.5) is 0 Å². The quantitative estimate of drug-likeness (QED) is 0.823. The summed E-state index contributed by atoms with van der Waals surface area (Å²) in [7, 11) is 1.58. The number of rotatable bonds is 4. The number of carbonyl (C=O) groups excluding carboxylic acids is 1. The third kappa shape index (κ3) is 3.09. The molecule has 0 saturated carbocycles. The van der Waals surface area contributed by atoms with Gasteiger partial charge in [-0.2, -0.15) is 0 Å². The van der Waals surface area contributed by atoms with Crippen molar-refractivity contribution in [1.82, 2.24) is 5.32 Å². The Morgan fingerprint density at radius 1 is 1.56 bits per heavy atom. The summed E-state index contributed by atoms with van der Waals surface area (Å²) in [5, 5.41) is 3.22. The van der Waals surface area contributed by atoms with E-state index >= 15 is 0 Å². The van der Waals surface area contributed by atoms with Gasteiger partial charge in [0.25, 0.3) is 0 Å². The van der Waals surface area contributed by atoms with Crippen molar-refractivity contribution >= 4 is 5.78 Å². The van der Waals surface area contributed by atoms with Crippen molar-refractivity contribution in [2.24, 2.45) is 0 Å². The molecule has 1 fully saturated rings. The Kier molecular flexibility index (Phi) is 4.33. The number of morpholine rings is 1. The van der Waals surface area contributed by atoms with E-state index in [1.807, 2.05) is 25.1 Å². The number of nitrogens with one attached hydrogen (secondary N) is 1. The average molecular weight is 249 g/mol. The molecule has 1 unspecified atom stereocenters. The van der Waals surface area contributed by atoms with Gasteiger partial charge in [0.1, 0.15) is 5.75 Å². The van der Waals surface area contributed by atoms with Gasteiger partial charge < -0.3 is 14.8 Å². The van der Waals surface area contributed by atoms with E-state index in [1.54, 1.807) is 7.11 Å². The van der Waals surface area contributed by atoms with Crippen LogP contribution in [0.2, 0.25) is 0 Å². The van der Waals surface area contributed by atoms with Crippen molar-refractivity contribution in [3.8, 4) is 5.75 Å². The Morgan fingerprint density at radius 3 is 3.06 bits per heavy atom. The van der Waals surface area contributed by atoms with Gasteiger partial charge >= 0.3 is 0 Å². The Hall–Kier alpha value is -1.39. The fraction of sp³-hybridized carbons (Fsp3) is 0.500.